The number of thioether (sulfide) groups is 1. The van der Waals surface area contributed by atoms with E-state index in [2.05, 4.69) is 34.5 Å². The molecule has 1 aliphatic heterocycles. The number of benzene rings is 2. The van der Waals surface area contributed by atoms with Crippen molar-refractivity contribution in [2.75, 3.05) is 40.4 Å². The minimum absolute atomic E-state index is 0.130. The van der Waals surface area contributed by atoms with Gasteiger partial charge in [-0.1, -0.05) is 24.3 Å². The summed E-state index contributed by atoms with van der Waals surface area (Å²) in [6.45, 7) is 4.00. The summed E-state index contributed by atoms with van der Waals surface area (Å²) in [5, 5.41) is 2.09. The number of amides is 1. The number of rotatable bonds is 8. The van der Waals surface area contributed by atoms with Crippen LogP contribution >= 0.6 is 23.1 Å². The lowest BCUT2D eigenvalue weighted by Crippen LogP contribution is -2.48. The quantitative estimate of drug-likeness (QED) is 0.435. The zero-order chi connectivity index (χ0) is 22.3. The fourth-order valence-electron chi connectivity index (χ4n) is 3.83. The number of ether oxygens (including phenoxy) is 2. The minimum atomic E-state index is 0.130. The average Bonchev–Trinajstić information content (AvgIpc) is 3.36. The summed E-state index contributed by atoms with van der Waals surface area (Å²) in [5.41, 5.74) is 1.99. The van der Waals surface area contributed by atoms with Gasteiger partial charge >= 0.3 is 0 Å². The lowest BCUT2D eigenvalue weighted by molar-refractivity contribution is 0.0625. The first-order chi connectivity index (χ1) is 15.7. The number of hydrogen-bond donors (Lipinski definition) is 0. The highest BCUT2D eigenvalue weighted by Crippen LogP contribution is 2.30. The maximum Gasteiger partial charge on any atom is 0.255 e. The molecule has 0 aliphatic carbocycles. The van der Waals surface area contributed by atoms with Gasteiger partial charge in [0.05, 0.1) is 19.8 Å². The summed E-state index contributed by atoms with van der Waals surface area (Å²) in [6.07, 6.45) is 0. The number of thiophene rings is 1. The standard InChI is InChI=1S/C25H28N2O3S2/c1-29-22-10-9-19(16-23(22)30-2)17-26-11-13-27(14-12-26)25(28)21-7-3-4-8-24(21)32-18-20-6-5-15-31-20/h3-10,15-16H,11-14,17-18H2,1-2H3. The second-order valence-corrected chi connectivity index (χ2v) is 9.67. The zero-order valence-electron chi connectivity index (χ0n) is 18.5. The second-order valence-electron chi connectivity index (χ2n) is 7.62. The lowest BCUT2D eigenvalue weighted by Gasteiger charge is -2.35. The van der Waals surface area contributed by atoms with Gasteiger partial charge in [0.15, 0.2) is 11.5 Å². The fourth-order valence-corrected chi connectivity index (χ4v) is 5.65. The first-order valence-electron chi connectivity index (χ1n) is 10.6. The molecule has 7 heteroatoms. The second kappa shape index (κ2) is 10.9. The highest BCUT2D eigenvalue weighted by Gasteiger charge is 2.24. The highest BCUT2D eigenvalue weighted by atomic mass is 32.2. The molecule has 1 amide bonds. The van der Waals surface area contributed by atoms with Crippen molar-refractivity contribution < 1.29 is 14.3 Å². The number of methoxy groups -OCH3 is 2. The Morgan fingerprint density at radius 1 is 0.969 bits per heavy atom. The van der Waals surface area contributed by atoms with E-state index in [-0.39, 0.29) is 5.91 Å². The van der Waals surface area contributed by atoms with Crippen molar-refractivity contribution in [1.82, 2.24) is 9.80 Å². The fraction of sp³-hybridized carbons (Fsp3) is 0.320. The summed E-state index contributed by atoms with van der Waals surface area (Å²) in [6, 6.07) is 18.2. The van der Waals surface area contributed by atoms with Crippen molar-refractivity contribution in [3.8, 4) is 11.5 Å². The SMILES string of the molecule is COc1ccc(CN2CCN(C(=O)c3ccccc3SCc3cccs3)CC2)cc1OC. The van der Waals surface area contributed by atoms with E-state index < -0.39 is 0 Å². The molecule has 0 saturated carbocycles. The van der Waals surface area contributed by atoms with Crippen molar-refractivity contribution in [3.05, 3.63) is 76.0 Å². The van der Waals surface area contributed by atoms with E-state index in [4.69, 9.17) is 9.47 Å². The number of piperazine rings is 1. The van der Waals surface area contributed by atoms with Crippen LogP contribution in [0.4, 0.5) is 0 Å². The summed E-state index contributed by atoms with van der Waals surface area (Å²) >= 11 is 3.49. The molecule has 2 aromatic carbocycles. The normalized spacial score (nSPS) is 14.4. The first-order valence-corrected chi connectivity index (χ1v) is 12.5. The van der Waals surface area contributed by atoms with Crippen molar-refractivity contribution in [2.45, 2.75) is 17.2 Å². The predicted octanol–water partition coefficient (Wildman–Crippen LogP) is 5.02. The monoisotopic (exact) mass is 468 g/mol. The Labute approximate surface area is 197 Å². The number of hydrogen-bond acceptors (Lipinski definition) is 6. The zero-order valence-corrected chi connectivity index (χ0v) is 20.1. The van der Waals surface area contributed by atoms with Gasteiger partial charge in [-0.25, -0.2) is 0 Å². The topological polar surface area (TPSA) is 42.0 Å². The van der Waals surface area contributed by atoms with Crippen LogP contribution in [0.3, 0.4) is 0 Å². The van der Waals surface area contributed by atoms with E-state index in [1.807, 2.05) is 35.2 Å². The number of carbonyl (C=O) groups excluding carboxylic acids is 1. The van der Waals surface area contributed by atoms with E-state index in [0.29, 0.717) is 0 Å². The molecule has 2 heterocycles. The summed E-state index contributed by atoms with van der Waals surface area (Å²) in [5.74, 6) is 2.50. The van der Waals surface area contributed by atoms with E-state index in [1.54, 1.807) is 37.3 Å². The molecular weight excluding hydrogens is 440 g/mol. The van der Waals surface area contributed by atoms with Crippen LogP contribution in [0, 0.1) is 0 Å². The van der Waals surface area contributed by atoms with Crippen LogP contribution in [-0.4, -0.2) is 56.1 Å². The van der Waals surface area contributed by atoms with Crippen molar-refractivity contribution in [2.24, 2.45) is 0 Å². The maximum atomic E-state index is 13.3. The van der Waals surface area contributed by atoms with Crippen LogP contribution in [-0.2, 0) is 12.3 Å². The molecule has 32 heavy (non-hydrogen) atoms. The summed E-state index contributed by atoms with van der Waals surface area (Å²) < 4.78 is 10.7. The number of nitrogens with zero attached hydrogens (tertiary/aromatic N) is 2. The van der Waals surface area contributed by atoms with E-state index in [0.717, 1.165) is 60.4 Å². The minimum Gasteiger partial charge on any atom is -0.493 e. The van der Waals surface area contributed by atoms with Crippen LogP contribution < -0.4 is 9.47 Å². The summed E-state index contributed by atoms with van der Waals surface area (Å²) in [7, 11) is 3.30. The lowest BCUT2D eigenvalue weighted by atomic mass is 10.1. The summed E-state index contributed by atoms with van der Waals surface area (Å²) in [4.78, 5) is 20.0. The van der Waals surface area contributed by atoms with Gasteiger partial charge < -0.3 is 14.4 Å². The van der Waals surface area contributed by atoms with Gasteiger partial charge in [0, 0.05) is 48.2 Å². The molecule has 1 aromatic heterocycles. The predicted molar refractivity (Wildman–Crippen MR) is 131 cm³/mol. The Morgan fingerprint density at radius 3 is 2.47 bits per heavy atom. The molecule has 0 bridgehead atoms. The molecule has 168 valence electrons. The molecular formula is C25H28N2O3S2. The smallest absolute Gasteiger partial charge is 0.255 e. The molecule has 0 atom stereocenters. The average molecular weight is 469 g/mol. The molecule has 0 unspecified atom stereocenters. The van der Waals surface area contributed by atoms with Crippen molar-refractivity contribution in [1.29, 1.82) is 0 Å². The third-order valence-electron chi connectivity index (χ3n) is 5.58. The number of carbonyl (C=O) groups is 1. The van der Waals surface area contributed by atoms with Gasteiger partial charge in [-0.15, -0.1) is 23.1 Å². The molecule has 1 aliphatic rings. The third kappa shape index (κ3) is 5.46. The van der Waals surface area contributed by atoms with E-state index in [1.165, 1.54) is 10.4 Å². The van der Waals surface area contributed by atoms with Crippen LogP contribution in [0.25, 0.3) is 0 Å². The molecule has 0 N–H and O–H groups in total. The van der Waals surface area contributed by atoms with Gasteiger partial charge in [-0.05, 0) is 41.3 Å². The Hall–Kier alpha value is -2.48. The molecule has 1 saturated heterocycles. The van der Waals surface area contributed by atoms with Gasteiger partial charge in [0.25, 0.3) is 5.91 Å². The Balaban J connectivity index is 1.35. The maximum absolute atomic E-state index is 13.3. The van der Waals surface area contributed by atoms with Crippen molar-refractivity contribution in [3.63, 3.8) is 0 Å². The molecule has 1 fully saturated rings. The van der Waals surface area contributed by atoms with Crippen molar-refractivity contribution >= 4 is 29.0 Å². The molecule has 0 spiro atoms. The molecule has 4 rings (SSSR count). The first kappa shape index (κ1) is 22.7. The van der Waals surface area contributed by atoms with Crippen LogP contribution in [0.15, 0.2) is 64.9 Å². The van der Waals surface area contributed by atoms with Crippen LogP contribution in [0.5, 0.6) is 11.5 Å². The van der Waals surface area contributed by atoms with E-state index >= 15 is 0 Å². The van der Waals surface area contributed by atoms with Gasteiger partial charge in [0.2, 0.25) is 0 Å². The molecule has 5 nitrogen and oxygen atoms in total. The Morgan fingerprint density at radius 2 is 1.75 bits per heavy atom. The molecule has 3 aromatic rings. The van der Waals surface area contributed by atoms with Gasteiger partial charge in [-0.3, -0.25) is 9.69 Å². The van der Waals surface area contributed by atoms with Gasteiger partial charge in [0.1, 0.15) is 0 Å². The largest absolute Gasteiger partial charge is 0.493 e. The van der Waals surface area contributed by atoms with Crippen LogP contribution in [0.1, 0.15) is 20.8 Å². The van der Waals surface area contributed by atoms with Gasteiger partial charge in [-0.2, -0.15) is 0 Å². The third-order valence-corrected chi connectivity index (χ3v) is 7.76. The molecule has 0 radical (unpaired) electrons. The van der Waals surface area contributed by atoms with E-state index in [9.17, 15) is 4.79 Å². The highest BCUT2D eigenvalue weighted by molar-refractivity contribution is 7.98. The Kier molecular flexibility index (Phi) is 7.73. The van der Waals surface area contributed by atoms with Crippen LogP contribution in [0.2, 0.25) is 0 Å². The Bertz CT molecular complexity index is 1030.